The Morgan fingerprint density at radius 3 is 2.30 bits per heavy atom. The van der Waals surface area contributed by atoms with Crippen LogP contribution in [0.1, 0.15) is 15.9 Å². The molecular weight excluding hydrogens is 258 g/mol. The molecule has 0 amide bonds. The van der Waals surface area contributed by atoms with E-state index in [1.165, 1.54) is 6.20 Å². The first-order valence-electron chi connectivity index (χ1n) is 5.86. The number of nitrogens with zero attached hydrogens (tertiary/aromatic N) is 2. The Hall–Kier alpha value is -2.60. The summed E-state index contributed by atoms with van der Waals surface area (Å²) in [4.78, 5) is 27.9. The maximum absolute atomic E-state index is 10.4. The molecule has 0 unspecified atom stereocenters. The van der Waals surface area contributed by atoms with Crippen molar-refractivity contribution in [2.45, 2.75) is 12.5 Å². The van der Waals surface area contributed by atoms with Gasteiger partial charge in [-0.25, -0.2) is 0 Å². The molecule has 2 aromatic rings. The van der Waals surface area contributed by atoms with Crippen LogP contribution in [0, 0.1) is 0 Å². The zero-order valence-electron chi connectivity index (χ0n) is 10.7. The summed E-state index contributed by atoms with van der Waals surface area (Å²) in [7, 11) is 0. The van der Waals surface area contributed by atoms with Gasteiger partial charge in [-0.3, -0.25) is 19.6 Å². The number of aromatic nitrogens is 2. The lowest BCUT2D eigenvalue weighted by molar-refractivity contribution is -0.138. The normalized spacial score (nSPS) is 10.8. The molecule has 3 N–H and O–H groups in total. The number of carboxylic acid groups (broad SMARTS) is 1. The van der Waals surface area contributed by atoms with Crippen molar-refractivity contribution in [1.82, 2.24) is 9.97 Å². The first-order valence-corrected chi connectivity index (χ1v) is 5.86. The Morgan fingerprint density at radius 2 is 1.90 bits per heavy atom. The molecule has 0 aromatic carbocycles. The van der Waals surface area contributed by atoms with Crippen molar-refractivity contribution in [3.8, 4) is 0 Å². The summed E-state index contributed by atoms with van der Waals surface area (Å²) in [5, 5.41) is 8.50. The number of carboxylic acids is 1. The number of pyridine rings is 2. The van der Waals surface area contributed by atoms with Crippen LogP contribution in [0.3, 0.4) is 0 Å². The first-order chi connectivity index (χ1) is 9.63. The minimum Gasteiger partial charge on any atom is -0.480 e. The topological polar surface area (TPSA) is 106 Å². The standard InChI is InChI=1S/C8H10N2O2.C6H5NO/c9-7(8(11)12)4-6-2-1-3-10-5-6;8-5-6-2-1-3-7-4-6/h1-3,5,7H,4,9H2,(H,11,12);1-5H/t7-;/m0./s1. The van der Waals surface area contributed by atoms with Gasteiger partial charge in [-0.2, -0.15) is 0 Å². The smallest absolute Gasteiger partial charge is 0.320 e. The molecule has 0 saturated heterocycles. The highest BCUT2D eigenvalue weighted by Crippen LogP contribution is 1.99. The molecule has 2 aromatic heterocycles. The van der Waals surface area contributed by atoms with Crippen LogP contribution in [0.2, 0.25) is 0 Å². The highest BCUT2D eigenvalue weighted by atomic mass is 16.4. The fourth-order valence-corrected chi connectivity index (χ4v) is 1.31. The molecule has 0 aliphatic heterocycles. The van der Waals surface area contributed by atoms with Crippen LogP contribution in [0.5, 0.6) is 0 Å². The highest BCUT2D eigenvalue weighted by Gasteiger charge is 2.11. The number of aliphatic carboxylic acids is 1. The highest BCUT2D eigenvalue weighted by molar-refractivity contribution is 5.73. The molecule has 0 bridgehead atoms. The third-order valence-corrected chi connectivity index (χ3v) is 2.32. The molecule has 0 saturated carbocycles. The fourth-order valence-electron chi connectivity index (χ4n) is 1.31. The van der Waals surface area contributed by atoms with Crippen molar-refractivity contribution in [2.75, 3.05) is 0 Å². The van der Waals surface area contributed by atoms with Gasteiger partial charge in [0.25, 0.3) is 0 Å². The van der Waals surface area contributed by atoms with Crippen molar-refractivity contribution in [3.63, 3.8) is 0 Å². The average molecular weight is 273 g/mol. The van der Waals surface area contributed by atoms with E-state index in [-0.39, 0.29) is 0 Å². The average Bonchev–Trinajstić information content (AvgIpc) is 2.49. The molecule has 0 fully saturated rings. The molecule has 20 heavy (non-hydrogen) atoms. The first kappa shape index (κ1) is 15.5. The van der Waals surface area contributed by atoms with Crippen molar-refractivity contribution < 1.29 is 14.7 Å². The minimum atomic E-state index is -0.987. The second-order valence-electron chi connectivity index (χ2n) is 3.91. The van der Waals surface area contributed by atoms with E-state index in [4.69, 9.17) is 10.8 Å². The molecule has 1 atom stereocenters. The fraction of sp³-hybridized carbons (Fsp3) is 0.143. The Balaban J connectivity index is 0.000000217. The Bertz CT molecular complexity index is 532. The zero-order valence-corrected chi connectivity index (χ0v) is 10.7. The summed E-state index contributed by atoms with van der Waals surface area (Å²) in [5.41, 5.74) is 6.78. The Morgan fingerprint density at radius 1 is 1.25 bits per heavy atom. The van der Waals surface area contributed by atoms with Crippen molar-refractivity contribution in [1.29, 1.82) is 0 Å². The summed E-state index contributed by atoms with van der Waals surface area (Å²) in [6.07, 6.45) is 7.49. The van der Waals surface area contributed by atoms with Gasteiger partial charge in [-0.15, -0.1) is 0 Å². The molecule has 2 rings (SSSR count). The van der Waals surface area contributed by atoms with Gasteiger partial charge in [0.15, 0.2) is 6.29 Å². The van der Waals surface area contributed by atoms with Crippen LogP contribution in [-0.2, 0) is 11.2 Å². The molecule has 0 aliphatic rings. The van der Waals surface area contributed by atoms with E-state index in [1.807, 2.05) is 0 Å². The number of hydrogen-bond donors (Lipinski definition) is 2. The second-order valence-corrected chi connectivity index (χ2v) is 3.91. The summed E-state index contributed by atoms with van der Waals surface area (Å²) in [6.45, 7) is 0. The van der Waals surface area contributed by atoms with Gasteiger partial charge in [-0.1, -0.05) is 6.07 Å². The van der Waals surface area contributed by atoms with Crippen LogP contribution >= 0.6 is 0 Å². The van der Waals surface area contributed by atoms with E-state index in [0.29, 0.717) is 12.0 Å². The van der Waals surface area contributed by atoms with Gasteiger partial charge < -0.3 is 10.8 Å². The number of aldehydes is 1. The van der Waals surface area contributed by atoms with Gasteiger partial charge in [0, 0.05) is 30.4 Å². The van der Waals surface area contributed by atoms with E-state index in [0.717, 1.165) is 11.8 Å². The molecule has 0 aliphatic carbocycles. The van der Waals surface area contributed by atoms with Gasteiger partial charge in [0.05, 0.1) is 0 Å². The quantitative estimate of drug-likeness (QED) is 0.803. The van der Waals surface area contributed by atoms with Crippen LogP contribution < -0.4 is 5.73 Å². The van der Waals surface area contributed by atoms with E-state index in [1.54, 1.807) is 42.9 Å². The Labute approximate surface area is 116 Å². The molecular formula is C14H15N3O3. The summed E-state index contributed by atoms with van der Waals surface area (Å²) in [5.74, 6) is -0.987. The molecule has 104 valence electrons. The second kappa shape index (κ2) is 8.49. The van der Waals surface area contributed by atoms with Gasteiger partial charge in [0.2, 0.25) is 0 Å². The number of hydrogen-bond acceptors (Lipinski definition) is 5. The van der Waals surface area contributed by atoms with E-state index >= 15 is 0 Å². The van der Waals surface area contributed by atoms with Gasteiger partial charge >= 0.3 is 5.97 Å². The minimum absolute atomic E-state index is 0.323. The van der Waals surface area contributed by atoms with E-state index in [9.17, 15) is 9.59 Å². The van der Waals surface area contributed by atoms with Crippen LogP contribution in [-0.4, -0.2) is 33.4 Å². The summed E-state index contributed by atoms with van der Waals surface area (Å²) < 4.78 is 0. The van der Waals surface area contributed by atoms with Gasteiger partial charge in [-0.05, 0) is 30.2 Å². The number of nitrogens with two attached hydrogens (primary N) is 1. The Kier molecular flexibility index (Phi) is 6.56. The molecule has 6 nitrogen and oxygen atoms in total. The summed E-state index contributed by atoms with van der Waals surface area (Å²) >= 11 is 0. The van der Waals surface area contributed by atoms with Crippen LogP contribution in [0.25, 0.3) is 0 Å². The lowest BCUT2D eigenvalue weighted by Gasteiger charge is -2.04. The van der Waals surface area contributed by atoms with E-state index < -0.39 is 12.0 Å². The van der Waals surface area contributed by atoms with Crippen molar-refractivity contribution in [3.05, 3.63) is 60.2 Å². The lowest BCUT2D eigenvalue weighted by Crippen LogP contribution is -2.32. The number of carbonyl (C=O) groups is 2. The predicted molar refractivity (Wildman–Crippen MR) is 73.2 cm³/mol. The van der Waals surface area contributed by atoms with Crippen molar-refractivity contribution >= 4 is 12.3 Å². The largest absolute Gasteiger partial charge is 0.480 e. The monoisotopic (exact) mass is 273 g/mol. The zero-order chi connectivity index (χ0) is 14.8. The van der Waals surface area contributed by atoms with Crippen LogP contribution in [0.4, 0.5) is 0 Å². The van der Waals surface area contributed by atoms with Crippen molar-refractivity contribution in [2.24, 2.45) is 5.73 Å². The third-order valence-electron chi connectivity index (χ3n) is 2.32. The maximum Gasteiger partial charge on any atom is 0.320 e. The molecule has 0 spiro atoms. The van der Waals surface area contributed by atoms with Crippen LogP contribution in [0.15, 0.2) is 49.1 Å². The van der Waals surface area contributed by atoms with E-state index in [2.05, 4.69) is 9.97 Å². The molecule has 6 heteroatoms. The van der Waals surface area contributed by atoms with Gasteiger partial charge in [0.1, 0.15) is 6.04 Å². The number of carbonyl (C=O) groups excluding carboxylic acids is 1. The molecule has 0 radical (unpaired) electrons. The maximum atomic E-state index is 10.4. The number of rotatable bonds is 4. The lowest BCUT2D eigenvalue weighted by atomic mass is 10.1. The predicted octanol–water partition coefficient (Wildman–Crippen LogP) is 0.930. The SMILES string of the molecule is N[C@@H](Cc1cccnc1)C(=O)O.O=Cc1cccnc1. The third kappa shape index (κ3) is 5.83. The summed E-state index contributed by atoms with van der Waals surface area (Å²) in [6, 6.07) is 6.15. The molecule has 2 heterocycles.